The molecule has 88 valence electrons. The van der Waals surface area contributed by atoms with Crippen LogP contribution < -0.4 is 5.32 Å². The molecule has 2 aliphatic rings. The molecule has 0 aromatic heterocycles. The summed E-state index contributed by atoms with van der Waals surface area (Å²) in [4.78, 5) is 2.75. The quantitative estimate of drug-likeness (QED) is 0.753. The topological polar surface area (TPSA) is 15.3 Å². The van der Waals surface area contributed by atoms with Gasteiger partial charge in [-0.2, -0.15) is 0 Å². The van der Waals surface area contributed by atoms with Crippen molar-refractivity contribution in [2.45, 2.75) is 70.5 Å². The molecule has 0 radical (unpaired) electrons. The van der Waals surface area contributed by atoms with Gasteiger partial charge in [0.25, 0.3) is 0 Å². The van der Waals surface area contributed by atoms with Crippen molar-refractivity contribution in [3.63, 3.8) is 0 Å². The van der Waals surface area contributed by atoms with Gasteiger partial charge < -0.3 is 10.2 Å². The number of rotatable bonds is 2. The maximum Gasteiger partial charge on any atom is 0.00952 e. The van der Waals surface area contributed by atoms with Crippen LogP contribution in [0.2, 0.25) is 0 Å². The molecule has 0 aromatic rings. The minimum Gasteiger partial charge on any atom is -0.311 e. The molecular formula is C13H26N2. The molecular weight excluding hydrogens is 184 g/mol. The molecule has 2 fully saturated rings. The summed E-state index contributed by atoms with van der Waals surface area (Å²) in [6.07, 6.45) is 8.33. The third-order valence-electron chi connectivity index (χ3n) is 4.22. The van der Waals surface area contributed by atoms with Crippen LogP contribution in [0.25, 0.3) is 0 Å². The zero-order valence-electron chi connectivity index (χ0n) is 10.3. The lowest BCUT2D eigenvalue weighted by Crippen LogP contribution is -2.48. The van der Waals surface area contributed by atoms with Gasteiger partial charge in [-0.1, -0.05) is 13.3 Å². The van der Waals surface area contributed by atoms with Crippen LogP contribution >= 0.6 is 0 Å². The third-order valence-corrected chi connectivity index (χ3v) is 4.22. The Morgan fingerprint density at radius 3 is 2.47 bits per heavy atom. The summed E-state index contributed by atoms with van der Waals surface area (Å²) < 4.78 is 0. The maximum atomic E-state index is 3.74. The fourth-order valence-electron chi connectivity index (χ4n) is 2.80. The minimum absolute atomic E-state index is 0.706. The Balaban J connectivity index is 1.86. The molecule has 0 spiro atoms. The van der Waals surface area contributed by atoms with Gasteiger partial charge >= 0.3 is 0 Å². The van der Waals surface area contributed by atoms with Crippen molar-refractivity contribution in [3.05, 3.63) is 0 Å². The molecule has 2 heteroatoms. The molecule has 1 heterocycles. The summed E-state index contributed by atoms with van der Waals surface area (Å²) in [7, 11) is 0. The van der Waals surface area contributed by atoms with Crippen LogP contribution in [0.4, 0.5) is 0 Å². The van der Waals surface area contributed by atoms with Crippen molar-refractivity contribution in [2.24, 2.45) is 0 Å². The first kappa shape index (κ1) is 11.4. The molecule has 2 nitrogen and oxygen atoms in total. The third kappa shape index (κ3) is 2.94. The summed E-state index contributed by atoms with van der Waals surface area (Å²) in [6.45, 7) is 7.28. The average Bonchev–Trinajstić information content (AvgIpc) is 2.13. The Bertz CT molecular complexity index is 189. The molecule has 0 amide bonds. The largest absolute Gasteiger partial charge is 0.311 e. The predicted molar refractivity (Wildman–Crippen MR) is 65.1 cm³/mol. The van der Waals surface area contributed by atoms with Gasteiger partial charge in [0.2, 0.25) is 0 Å². The second-order valence-electron chi connectivity index (χ2n) is 5.37. The smallest absolute Gasteiger partial charge is 0.00952 e. The van der Waals surface area contributed by atoms with Crippen molar-refractivity contribution in [3.8, 4) is 0 Å². The van der Waals surface area contributed by atoms with Gasteiger partial charge in [-0.05, 0) is 52.1 Å². The first-order valence-corrected chi connectivity index (χ1v) is 6.79. The predicted octanol–water partition coefficient (Wildman–Crippen LogP) is 2.39. The Labute approximate surface area is 94.4 Å². The van der Waals surface area contributed by atoms with E-state index < -0.39 is 0 Å². The van der Waals surface area contributed by atoms with Crippen LogP contribution in [0, 0.1) is 0 Å². The second kappa shape index (κ2) is 5.31. The van der Waals surface area contributed by atoms with E-state index in [1.807, 2.05) is 0 Å². The number of hydrogen-bond acceptors (Lipinski definition) is 2. The summed E-state index contributed by atoms with van der Waals surface area (Å²) in [5, 5.41) is 3.74. The van der Waals surface area contributed by atoms with E-state index in [0.717, 1.165) is 12.1 Å². The molecule has 2 rings (SSSR count). The number of nitrogens with one attached hydrogen (secondary N) is 1. The average molecular weight is 210 g/mol. The lowest BCUT2D eigenvalue weighted by Gasteiger charge is -2.40. The summed E-state index contributed by atoms with van der Waals surface area (Å²) >= 11 is 0. The van der Waals surface area contributed by atoms with Gasteiger partial charge in [0, 0.05) is 18.1 Å². The molecule has 2 unspecified atom stereocenters. The van der Waals surface area contributed by atoms with Crippen molar-refractivity contribution >= 4 is 0 Å². The fourth-order valence-corrected chi connectivity index (χ4v) is 2.80. The Hall–Kier alpha value is -0.0800. The highest BCUT2D eigenvalue weighted by Gasteiger charge is 2.26. The van der Waals surface area contributed by atoms with Gasteiger partial charge in [-0.15, -0.1) is 0 Å². The first-order chi connectivity index (χ1) is 7.29. The molecule has 0 bridgehead atoms. The summed E-state index contributed by atoms with van der Waals surface area (Å²) in [5.74, 6) is 0. The zero-order chi connectivity index (χ0) is 10.7. The van der Waals surface area contributed by atoms with E-state index >= 15 is 0 Å². The van der Waals surface area contributed by atoms with Crippen molar-refractivity contribution in [1.29, 1.82) is 0 Å². The second-order valence-corrected chi connectivity index (χ2v) is 5.37. The van der Waals surface area contributed by atoms with Crippen LogP contribution in [0.15, 0.2) is 0 Å². The summed E-state index contributed by atoms with van der Waals surface area (Å²) in [5.41, 5.74) is 0. The minimum atomic E-state index is 0.706. The lowest BCUT2D eigenvalue weighted by atomic mass is 9.90. The molecule has 2 atom stereocenters. The zero-order valence-corrected chi connectivity index (χ0v) is 10.3. The Morgan fingerprint density at radius 1 is 1.13 bits per heavy atom. The van der Waals surface area contributed by atoms with Gasteiger partial charge in [0.05, 0.1) is 0 Å². The summed E-state index contributed by atoms with van der Waals surface area (Å²) in [6, 6.07) is 2.40. The molecule has 1 aliphatic heterocycles. The first-order valence-electron chi connectivity index (χ1n) is 6.79. The van der Waals surface area contributed by atoms with Crippen molar-refractivity contribution in [1.82, 2.24) is 10.2 Å². The van der Waals surface area contributed by atoms with E-state index in [1.54, 1.807) is 0 Å². The highest BCUT2D eigenvalue weighted by molar-refractivity contribution is 4.84. The van der Waals surface area contributed by atoms with E-state index in [9.17, 15) is 0 Å². The van der Waals surface area contributed by atoms with E-state index in [-0.39, 0.29) is 0 Å². The van der Waals surface area contributed by atoms with Crippen LogP contribution in [-0.4, -0.2) is 36.1 Å². The van der Waals surface area contributed by atoms with Gasteiger partial charge in [-0.3, -0.25) is 0 Å². The molecule has 1 saturated heterocycles. The van der Waals surface area contributed by atoms with Gasteiger partial charge in [0.15, 0.2) is 0 Å². The molecule has 1 saturated carbocycles. The molecule has 1 N–H and O–H groups in total. The van der Waals surface area contributed by atoms with Crippen LogP contribution in [0.1, 0.15) is 52.4 Å². The molecule has 0 aromatic carbocycles. The molecule has 1 aliphatic carbocycles. The Morgan fingerprint density at radius 2 is 1.87 bits per heavy atom. The van der Waals surface area contributed by atoms with E-state index in [4.69, 9.17) is 0 Å². The highest BCUT2D eigenvalue weighted by Crippen LogP contribution is 2.26. The normalized spacial score (nSPS) is 35.6. The van der Waals surface area contributed by atoms with E-state index in [1.165, 1.54) is 51.6 Å². The molecule has 15 heavy (non-hydrogen) atoms. The lowest BCUT2D eigenvalue weighted by molar-refractivity contribution is 0.105. The van der Waals surface area contributed by atoms with Crippen molar-refractivity contribution in [2.75, 3.05) is 13.1 Å². The fraction of sp³-hybridized carbons (Fsp3) is 1.00. The highest BCUT2D eigenvalue weighted by atomic mass is 15.2. The van der Waals surface area contributed by atoms with E-state index in [2.05, 4.69) is 24.1 Å². The van der Waals surface area contributed by atoms with Crippen molar-refractivity contribution < 1.29 is 0 Å². The van der Waals surface area contributed by atoms with Crippen LogP contribution in [0.5, 0.6) is 0 Å². The van der Waals surface area contributed by atoms with Crippen LogP contribution in [-0.2, 0) is 0 Å². The standard InChI is InChI=1S/C13H26N2/c1-3-12-8-10-15(13-5-4-6-13)9-7-11(2)14-12/h11-14H,3-10H2,1-2H3. The maximum absolute atomic E-state index is 3.74. The van der Waals surface area contributed by atoms with E-state index in [0.29, 0.717) is 6.04 Å². The van der Waals surface area contributed by atoms with Gasteiger partial charge in [0.1, 0.15) is 0 Å². The number of hydrogen-bond donors (Lipinski definition) is 1. The monoisotopic (exact) mass is 210 g/mol. The van der Waals surface area contributed by atoms with Gasteiger partial charge in [-0.25, -0.2) is 0 Å². The number of nitrogens with zero attached hydrogens (tertiary/aromatic N) is 1. The Kier molecular flexibility index (Phi) is 4.04. The van der Waals surface area contributed by atoms with Crippen LogP contribution in [0.3, 0.4) is 0 Å². The SMILES string of the molecule is CCC1CCN(C2CCC2)CCC(C)N1.